The summed E-state index contributed by atoms with van der Waals surface area (Å²) in [5.41, 5.74) is 5.94. The van der Waals surface area contributed by atoms with Crippen LogP contribution in [0.4, 0.5) is 0 Å². The summed E-state index contributed by atoms with van der Waals surface area (Å²) in [6, 6.07) is 6.43. The first-order valence-corrected chi connectivity index (χ1v) is 9.59. The number of nitrogens with one attached hydrogen (secondary N) is 3. The van der Waals surface area contributed by atoms with Crippen molar-refractivity contribution in [3.8, 4) is 0 Å². The van der Waals surface area contributed by atoms with Crippen molar-refractivity contribution in [1.29, 1.82) is 0 Å². The molecule has 152 valence electrons. The number of H-pyrrole nitrogens is 1. The second-order valence-electron chi connectivity index (χ2n) is 6.80. The lowest BCUT2D eigenvalue weighted by Gasteiger charge is -2.11. The van der Waals surface area contributed by atoms with Gasteiger partial charge in [0, 0.05) is 42.3 Å². The zero-order valence-electron chi connectivity index (χ0n) is 17.1. The van der Waals surface area contributed by atoms with E-state index in [9.17, 15) is 0 Å². The molecule has 0 radical (unpaired) electrons. The van der Waals surface area contributed by atoms with Crippen LogP contribution in [0.1, 0.15) is 35.1 Å². The van der Waals surface area contributed by atoms with Crippen molar-refractivity contribution in [3.63, 3.8) is 0 Å². The maximum absolute atomic E-state index is 5.22. The molecule has 2 heterocycles. The van der Waals surface area contributed by atoms with Crippen LogP contribution in [-0.4, -0.2) is 35.7 Å². The number of guanidine groups is 1. The first-order valence-electron chi connectivity index (χ1n) is 9.59. The summed E-state index contributed by atoms with van der Waals surface area (Å²) in [5.74, 6) is 1.73. The standard InChI is InChI=1S/C21H29N5O.HI/c1-5-22-21(24-12-10-18-15(3)26-27-16(18)4)23-11-9-17-13-25-20-14(2)7-6-8-19(17)20;/h6-8,13,25H,5,9-12H2,1-4H3,(H2,22,23,24);1H. The molecule has 28 heavy (non-hydrogen) atoms. The predicted molar refractivity (Wildman–Crippen MR) is 126 cm³/mol. The van der Waals surface area contributed by atoms with Crippen molar-refractivity contribution in [2.24, 2.45) is 4.99 Å². The Hall–Kier alpha value is -2.03. The van der Waals surface area contributed by atoms with Crippen molar-refractivity contribution < 1.29 is 4.52 Å². The maximum Gasteiger partial charge on any atom is 0.191 e. The topological polar surface area (TPSA) is 78.2 Å². The molecule has 0 bridgehead atoms. The zero-order chi connectivity index (χ0) is 19.2. The van der Waals surface area contributed by atoms with Crippen LogP contribution in [0.25, 0.3) is 10.9 Å². The molecule has 0 aliphatic carbocycles. The zero-order valence-corrected chi connectivity index (χ0v) is 19.4. The molecule has 0 spiro atoms. The summed E-state index contributed by atoms with van der Waals surface area (Å²) in [5, 5.41) is 12.0. The summed E-state index contributed by atoms with van der Waals surface area (Å²) in [7, 11) is 0. The largest absolute Gasteiger partial charge is 0.361 e. The number of para-hydroxylation sites is 1. The van der Waals surface area contributed by atoms with Gasteiger partial charge in [0.25, 0.3) is 0 Å². The highest BCUT2D eigenvalue weighted by molar-refractivity contribution is 14.0. The Balaban J connectivity index is 0.00000280. The molecular formula is C21H30IN5O. The average molecular weight is 495 g/mol. The highest BCUT2D eigenvalue weighted by Gasteiger charge is 2.08. The Morgan fingerprint density at radius 1 is 1.18 bits per heavy atom. The van der Waals surface area contributed by atoms with Gasteiger partial charge < -0.3 is 20.1 Å². The first kappa shape index (κ1) is 22.3. The van der Waals surface area contributed by atoms with Gasteiger partial charge in [-0.15, -0.1) is 24.0 Å². The van der Waals surface area contributed by atoms with Gasteiger partial charge in [-0.05, 0) is 51.7 Å². The van der Waals surface area contributed by atoms with Crippen LogP contribution in [-0.2, 0) is 12.8 Å². The van der Waals surface area contributed by atoms with E-state index in [0.717, 1.165) is 48.9 Å². The van der Waals surface area contributed by atoms with Crippen molar-refractivity contribution in [1.82, 2.24) is 20.8 Å². The number of hydrogen-bond acceptors (Lipinski definition) is 3. The van der Waals surface area contributed by atoms with Gasteiger partial charge in [-0.2, -0.15) is 0 Å². The quantitative estimate of drug-likeness (QED) is 0.263. The van der Waals surface area contributed by atoms with E-state index in [1.165, 1.54) is 22.0 Å². The molecule has 3 rings (SSSR count). The van der Waals surface area contributed by atoms with Gasteiger partial charge in [0.15, 0.2) is 5.96 Å². The summed E-state index contributed by atoms with van der Waals surface area (Å²) in [6.07, 6.45) is 3.89. The molecule has 0 saturated heterocycles. The lowest BCUT2D eigenvalue weighted by atomic mass is 10.1. The Kier molecular flexibility index (Phi) is 8.35. The van der Waals surface area contributed by atoms with E-state index < -0.39 is 0 Å². The SMILES string of the molecule is CCNC(=NCCc1c(C)noc1C)NCCc1c[nH]c2c(C)cccc12.I. The Morgan fingerprint density at radius 3 is 2.71 bits per heavy atom. The van der Waals surface area contributed by atoms with E-state index in [0.29, 0.717) is 6.54 Å². The molecule has 0 saturated carbocycles. The molecule has 2 aromatic heterocycles. The lowest BCUT2D eigenvalue weighted by molar-refractivity contribution is 0.392. The maximum atomic E-state index is 5.22. The molecule has 3 aromatic rings. The third-order valence-electron chi connectivity index (χ3n) is 4.85. The molecule has 0 aliphatic rings. The number of rotatable bonds is 7. The molecular weight excluding hydrogens is 465 g/mol. The number of nitrogens with zero attached hydrogens (tertiary/aromatic N) is 2. The molecule has 0 amide bonds. The highest BCUT2D eigenvalue weighted by Crippen LogP contribution is 2.21. The number of halogens is 1. The minimum Gasteiger partial charge on any atom is -0.361 e. The van der Waals surface area contributed by atoms with Gasteiger partial charge in [0.05, 0.1) is 5.69 Å². The number of aromatic amines is 1. The van der Waals surface area contributed by atoms with E-state index in [4.69, 9.17) is 4.52 Å². The van der Waals surface area contributed by atoms with Gasteiger partial charge in [-0.25, -0.2) is 0 Å². The minimum absolute atomic E-state index is 0. The minimum atomic E-state index is 0. The third kappa shape index (κ3) is 5.27. The van der Waals surface area contributed by atoms with Crippen molar-refractivity contribution in [2.75, 3.05) is 19.6 Å². The number of aryl methyl sites for hydroxylation is 3. The normalized spacial score (nSPS) is 11.5. The van der Waals surface area contributed by atoms with Crippen LogP contribution in [0.5, 0.6) is 0 Å². The summed E-state index contributed by atoms with van der Waals surface area (Å²) >= 11 is 0. The number of hydrogen-bond donors (Lipinski definition) is 3. The monoisotopic (exact) mass is 495 g/mol. The fourth-order valence-corrected chi connectivity index (χ4v) is 3.37. The van der Waals surface area contributed by atoms with Gasteiger partial charge >= 0.3 is 0 Å². The molecule has 3 N–H and O–H groups in total. The van der Waals surface area contributed by atoms with E-state index in [1.807, 2.05) is 13.8 Å². The van der Waals surface area contributed by atoms with Crippen molar-refractivity contribution in [2.45, 2.75) is 40.5 Å². The average Bonchev–Trinajstić information content (AvgIpc) is 3.21. The molecule has 0 unspecified atom stereocenters. The number of fused-ring (bicyclic) bond motifs is 1. The van der Waals surface area contributed by atoms with Gasteiger partial charge in [0.1, 0.15) is 5.76 Å². The highest BCUT2D eigenvalue weighted by atomic mass is 127. The predicted octanol–water partition coefficient (Wildman–Crippen LogP) is 4.04. The Labute approximate surface area is 183 Å². The second kappa shape index (κ2) is 10.5. The number of benzene rings is 1. The Bertz CT molecular complexity index is 909. The van der Waals surface area contributed by atoms with E-state index >= 15 is 0 Å². The third-order valence-corrected chi connectivity index (χ3v) is 4.85. The fraction of sp³-hybridized carbons (Fsp3) is 0.429. The number of aromatic nitrogens is 2. The van der Waals surface area contributed by atoms with Crippen molar-refractivity contribution >= 4 is 40.8 Å². The van der Waals surface area contributed by atoms with Crippen LogP contribution < -0.4 is 10.6 Å². The van der Waals surface area contributed by atoms with Crippen molar-refractivity contribution in [3.05, 3.63) is 52.5 Å². The van der Waals surface area contributed by atoms with Crippen LogP contribution >= 0.6 is 24.0 Å². The van der Waals surface area contributed by atoms with E-state index in [2.05, 4.69) is 64.0 Å². The summed E-state index contributed by atoms with van der Waals surface area (Å²) in [4.78, 5) is 8.07. The second-order valence-corrected chi connectivity index (χ2v) is 6.80. The molecule has 0 atom stereocenters. The lowest BCUT2D eigenvalue weighted by Crippen LogP contribution is -2.38. The van der Waals surface area contributed by atoms with Gasteiger partial charge in [-0.3, -0.25) is 4.99 Å². The first-order chi connectivity index (χ1) is 13.1. The summed E-state index contributed by atoms with van der Waals surface area (Å²) in [6.45, 7) is 10.5. The molecule has 6 nitrogen and oxygen atoms in total. The number of aliphatic imine (C=N–C) groups is 1. The van der Waals surface area contributed by atoms with E-state index in [1.54, 1.807) is 0 Å². The van der Waals surface area contributed by atoms with Crippen LogP contribution in [0, 0.1) is 20.8 Å². The van der Waals surface area contributed by atoms with Crippen LogP contribution in [0.3, 0.4) is 0 Å². The van der Waals surface area contributed by atoms with Crippen LogP contribution in [0.2, 0.25) is 0 Å². The summed E-state index contributed by atoms with van der Waals surface area (Å²) < 4.78 is 5.22. The van der Waals surface area contributed by atoms with E-state index in [-0.39, 0.29) is 24.0 Å². The molecule has 0 fully saturated rings. The smallest absolute Gasteiger partial charge is 0.191 e. The molecule has 1 aromatic carbocycles. The Morgan fingerprint density at radius 2 is 2.00 bits per heavy atom. The molecule has 0 aliphatic heterocycles. The van der Waals surface area contributed by atoms with Gasteiger partial charge in [0.2, 0.25) is 0 Å². The van der Waals surface area contributed by atoms with Crippen LogP contribution in [0.15, 0.2) is 33.9 Å². The van der Waals surface area contributed by atoms with Gasteiger partial charge in [-0.1, -0.05) is 23.4 Å². The molecule has 7 heteroatoms. The fourth-order valence-electron chi connectivity index (χ4n) is 3.37.